The largest absolute Gasteiger partial charge is 0.389 e. The molecule has 98 valence electrons. The molecule has 3 heteroatoms. The van der Waals surface area contributed by atoms with Gasteiger partial charge in [-0.3, -0.25) is 0 Å². The van der Waals surface area contributed by atoms with Crippen molar-refractivity contribution >= 4 is 0 Å². The molecule has 1 heterocycles. The van der Waals surface area contributed by atoms with Crippen LogP contribution in [0.5, 0.6) is 0 Å². The fraction of sp³-hybridized carbons (Fsp3) is 0.786. The van der Waals surface area contributed by atoms with Crippen molar-refractivity contribution in [2.24, 2.45) is 18.9 Å². The van der Waals surface area contributed by atoms with Crippen molar-refractivity contribution in [1.29, 1.82) is 0 Å². The lowest BCUT2D eigenvalue weighted by molar-refractivity contribution is -0.00145. The molecule has 1 N–H and O–H groups in total. The van der Waals surface area contributed by atoms with Crippen LogP contribution >= 0.6 is 0 Å². The molecule has 17 heavy (non-hydrogen) atoms. The van der Waals surface area contributed by atoms with E-state index in [0.717, 1.165) is 18.7 Å². The van der Waals surface area contributed by atoms with Crippen molar-refractivity contribution in [2.75, 3.05) is 0 Å². The average Bonchev–Trinajstić information content (AvgIpc) is 2.47. The van der Waals surface area contributed by atoms with Crippen molar-refractivity contribution in [2.45, 2.75) is 52.6 Å². The molecule has 1 aromatic rings. The van der Waals surface area contributed by atoms with E-state index in [4.69, 9.17) is 0 Å². The third-order valence-electron chi connectivity index (χ3n) is 2.98. The van der Waals surface area contributed by atoms with E-state index in [1.807, 2.05) is 17.8 Å². The van der Waals surface area contributed by atoms with Gasteiger partial charge in [0.05, 0.1) is 5.60 Å². The van der Waals surface area contributed by atoms with Crippen LogP contribution in [0.1, 0.15) is 46.4 Å². The normalized spacial score (nSPS) is 12.7. The van der Waals surface area contributed by atoms with Gasteiger partial charge in [-0.1, -0.05) is 27.7 Å². The van der Waals surface area contributed by atoms with Gasteiger partial charge < -0.3 is 9.67 Å². The molecule has 0 aliphatic carbocycles. The lowest BCUT2D eigenvalue weighted by Gasteiger charge is -2.31. The van der Waals surface area contributed by atoms with Crippen LogP contribution in [-0.4, -0.2) is 20.3 Å². The van der Waals surface area contributed by atoms with Gasteiger partial charge in [0.1, 0.15) is 5.82 Å². The Hall–Kier alpha value is -0.830. The van der Waals surface area contributed by atoms with E-state index in [2.05, 4.69) is 32.7 Å². The van der Waals surface area contributed by atoms with Crippen molar-refractivity contribution < 1.29 is 5.11 Å². The predicted molar refractivity (Wildman–Crippen MR) is 70.8 cm³/mol. The second kappa shape index (κ2) is 5.67. The number of aromatic nitrogens is 2. The Kier molecular flexibility index (Phi) is 4.75. The number of nitrogens with zero attached hydrogens (tertiary/aromatic N) is 2. The van der Waals surface area contributed by atoms with Gasteiger partial charge in [0, 0.05) is 25.9 Å². The highest BCUT2D eigenvalue weighted by Crippen LogP contribution is 2.28. The SMILES string of the molecule is CC(C)CC(O)(Cc1nccn1C)CC(C)C. The van der Waals surface area contributed by atoms with Crippen molar-refractivity contribution in [1.82, 2.24) is 9.55 Å². The summed E-state index contributed by atoms with van der Waals surface area (Å²) in [5.74, 6) is 1.96. The van der Waals surface area contributed by atoms with E-state index >= 15 is 0 Å². The Morgan fingerprint density at radius 1 is 1.24 bits per heavy atom. The number of rotatable bonds is 6. The first-order chi connectivity index (χ1) is 7.82. The molecule has 0 saturated heterocycles. The summed E-state index contributed by atoms with van der Waals surface area (Å²) < 4.78 is 1.99. The topological polar surface area (TPSA) is 38.1 Å². The lowest BCUT2D eigenvalue weighted by atomic mass is 9.82. The van der Waals surface area contributed by atoms with E-state index in [-0.39, 0.29) is 0 Å². The van der Waals surface area contributed by atoms with Gasteiger partial charge >= 0.3 is 0 Å². The maximum Gasteiger partial charge on any atom is 0.111 e. The minimum atomic E-state index is -0.624. The summed E-state index contributed by atoms with van der Waals surface area (Å²) in [5.41, 5.74) is -0.624. The van der Waals surface area contributed by atoms with Gasteiger partial charge in [-0.2, -0.15) is 0 Å². The summed E-state index contributed by atoms with van der Waals surface area (Å²) in [6.07, 6.45) is 6.03. The molecule has 0 aliphatic rings. The molecule has 0 aliphatic heterocycles. The highest BCUT2D eigenvalue weighted by molar-refractivity contribution is 4.98. The Bertz CT molecular complexity index is 332. The second-order valence-corrected chi connectivity index (χ2v) is 6.05. The predicted octanol–water partition coefficient (Wildman–Crippen LogP) is 2.79. The maximum absolute atomic E-state index is 10.8. The summed E-state index contributed by atoms with van der Waals surface area (Å²) in [6, 6.07) is 0. The highest BCUT2D eigenvalue weighted by atomic mass is 16.3. The van der Waals surface area contributed by atoms with Crippen LogP contribution < -0.4 is 0 Å². The smallest absolute Gasteiger partial charge is 0.111 e. The Morgan fingerprint density at radius 2 is 1.76 bits per heavy atom. The Morgan fingerprint density at radius 3 is 2.12 bits per heavy atom. The summed E-state index contributed by atoms with van der Waals surface area (Å²) in [7, 11) is 1.98. The zero-order chi connectivity index (χ0) is 13.1. The molecule has 0 spiro atoms. The van der Waals surface area contributed by atoms with E-state index in [0.29, 0.717) is 18.3 Å². The van der Waals surface area contributed by atoms with Gasteiger partial charge in [-0.25, -0.2) is 4.98 Å². The Labute approximate surface area is 105 Å². The standard InChI is InChI=1S/C14H26N2O/c1-11(2)8-14(17,9-12(3)4)10-13-15-6-7-16(13)5/h6-7,11-12,17H,8-10H2,1-5H3. The van der Waals surface area contributed by atoms with Crippen LogP contribution in [0.15, 0.2) is 12.4 Å². The average molecular weight is 238 g/mol. The molecule has 0 bridgehead atoms. The minimum Gasteiger partial charge on any atom is -0.389 e. The van der Waals surface area contributed by atoms with Gasteiger partial charge in [0.15, 0.2) is 0 Å². The van der Waals surface area contributed by atoms with E-state index in [1.165, 1.54) is 0 Å². The van der Waals surface area contributed by atoms with Gasteiger partial charge in [0.2, 0.25) is 0 Å². The first-order valence-electron chi connectivity index (χ1n) is 6.51. The van der Waals surface area contributed by atoms with E-state index < -0.39 is 5.60 Å². The van der Waals surface area contributed by atoms with Gasteiger partial charge in [0.25, 0.3) is 0 Å². The van der Waals surface area contributed by atoms with Crippen molar-refractivity contribution in [3.8, 4) is 0 Å². The number of aryl methyl sites for hydroxylation is 1. The summed E-state index contributed by atoms with van der Waals surface area (Å²) in [6.45, 7) is 8.63. The zero-order valence-electron chi connectivity index (χ0n) is 11.8. The minimum absolute atomic E-state index is 0.499. The summed E-state index contributed by atoms with van der Waals surface area (Å²) >= 11 is 0. The molecule has 3 nitrogen and oxygen atoms in total. The van der Waals surface area contributed by atoms with Gasteiger partial charge in [-0.15, -0.1) is 0 Å². The second-order valence-electron chi connectivity index (χ2n) is 6.05. The van der Waals surface area contributed by atoms with Crippen molar-refractivity contribution in [3.63, 3.8) is 0 Å². The molecule has 0 fully saturated rings. The molecule has 1 rings (SSSR count). The maximum atomic E-state index is 10.8. The van der Waals surface area contributed by atoms with E-state index in [9.17, 15) is 5.11 Å². The molecule has 1 aromatic heterocycles. The van der Waals surface area contributed by atoms with Crippen LogP contribution in [0, 0.1) is 11.8 Å². The first kappa shape index (κ1) is 14.2. The molecular formula is C14H26N2O. The van der Waals surface area contributed by atoms with Crippen LogP contribution in [0.3, 0.4) is 0 Å². The quantitative estimate of drug-likeness (QED) is 0.827. The molecular weight excluding hydrogens is 212 g/mol. The fourth-order valence-corrected chi connectivity index (χ4v) is 2.61. The molecule has 0 aromatic carbocycles. The Balaban J connectivity index is 2.79. The molecule has 0 amide bonds. The van der Waals surface area contributed by atoms with Gasteiger partial charge in [-0.05, 0) is 24.7 Å². The summed E-state index contributed by atoms with van der Waals surface area (Å²) in [4.78, 5) is 4.32. The number of hydrogen-bond donors (Lipinski definition) is 1. The first-order valence-corrected chi connectivity index (χ1v) is 6.51. The molecule has 0 saturated carbocycles. The summed E-state index contributed by atoms with van der Waals surface area (Å²) in [5, 5.41) is 10.8. The highest BCUT2D eigenvalue weighted by Gasteiger charge is 2.30. The lowest BCUT2D eigenvalue weighted by Crippen LogP contribution is -2.35. The van der Waals surface area contributed by atoms with E-state index in [1.54, 1.807) is 6.20 Å². The van der Waals surface area contributed by atoms with Crippen LogP contribution in [0.2, 0.25) is 0 Å². The third-order valence-corrected chi connectivity index (χ3v) is 2.98. The number of imidazole rings is 1. The fourth-order valence-electron chi connectivity index (χ4n) is 2.61. The van der Waals surface area contributed by atoms with Crippen LogP contribution in [-0.2, 0) is 13.5 Å². The van der Waals surface area contributed by atoms with Crippen LogP contribution in [0.25, 0.3) is 0 Å². The third kappa shape index (κ3) is 4.50. The van der Waals surface area contributed by atoms with Crippen molar-refractivity contribution in [3.05, 3.63) is 18.2 Å². The molecule has 0 unspecified atom stereocenters. The molecule has 0 radical (unpaired) electrons. The van der Waals surface area contributed by atoms with Crippen LogP contribution in [0.4, 0.5) is 0 Å². The zero-order valence-corrected chi connectivity index (χ0v) is 11.8. The molecule has 0 atom stereocenters. The number of aliphatic hydroxyl groups is 1. The monoisotopic (exact) mass is 238 g/mol. The number of hydrogen-bond acceptors (Lipinski definition) is 2.